The predicted molar refractivity (Wildman–Crippen MR) is 104 cm³/mol. The van der Waals surface area contributed by atoms with Crippen molar-refractivity contribution in [1.29, 1.82) is 0 Å². The normalized spacial score (nSPS) is 15.6. The fourth-order valence-corrected chi connectivity index (χ4v) is 3.40. The van der Waals surface area contributed by atoms with Gasteiger partial charge in [-0.1, -0.05) is 25.5 Å². The van der Waals surface area contributed by atoms with Crippen LogP contribution in [0.1, 0.15) is 43.0 Å². The maximum absolute atomic E-state index is 12.9. The van der Waals surface area contributed by atoms with Crippen molar-refractivity contribution in [2.24, 2.45) is 5.73 Å². The molecule has 2 heterocycles. The molecule has 1 aliphatic rings. The number of nitrogens with two attached hydrogens (primary N) is 1. The van der Waals surface area contributed by atoms with Gasteiger partial charge in [0.25, 0.3) is 5.56 Å². The van der Waals surface area contributed by atoms with E-state index in [0.29, 0.717) is 35.7 Å². The summed E-state index contributed by atoms with van der Waals surface area (Å²) in [6.45, 7) is 4.46. The predicted octanol–water partition coefficient (Wildman–Crippen LogP) is 2.59. The maximum Gasteiger partial charge on any atom is 0.340 e. The first-order valence-electron chi connectivity index (χ1n) is 9.24. The van der Waals surface area contributed by atoms with E-state index in [0.717, 1.165) is 12.1 Å². The second-order valence-corrected chi connectivity index (χ2v) is 6.46. The first-order chi connectivity index (χ1) is 13.5. The molecule has 2 aromatic rings. The van der Waals surface area contributed by atoms with E-state index in [1.165, 1.54) is 7.11 Å². The minimum atomic E-state index is -0.702. The highest BCUT2D eigenvalue weighted by atomic mass is 16.5. The lowest BCUT2D eigenvalue weighted by molar-refractivity contribution is -0.136. The highest BCUT2D eigenvalue weighted by molar-refractivity contribution is 5.92. The Morgan fingerprint density at radius 1 is 1.25 bits per heavy atom. The van der Waals surface area contributed by atoms with Gasteiger partial charge in [-0.25, -0.2) is 4.79 Å². The van der Waals surface area contributed by atoms with Gasteiger partial charge in [-0.3, -0.25) is 4.79 Å². The second kappa shape index (κ2) is 8.21. The molecule has 7 heteroatoms. The van der Waals surface area contributed by atoms with Crippen LogP contribution in [-0.4, -0.2) is 24.7 Å². The number of rotatable bonds is 6. The fourth-order valence-electron chi connectivity index (χ4n) is 3.40. The number of carbonyl (C=O) groups excluding carboxylic acids is 1. The molecule has 3 rings (SSSR count). The molecule has 0 saturated heterocycles. The molecule has 0 bridgehead atoms. The highest BCUT2D eigenvalue weighted by Gasteiger charge is 2.37. The summed E-state index contributed by atoms with van der Waals surface area (Å²) in [7, 11) is 1.27. The Morgan fingerprint density at radius 2 is 1.96 bits per heavy atom. The SMILES string of the molecule is CCCc1cc2c(c(=O)[nH]1)C(c1ccc(OCC)cc1)C(C(=O)OC)=C(N)O2. The fraction of sp³-hybridized carbons (Fsp3) is 0.333. The number of nitrogens with one attached hydrogen (secondary N) is 1. The zero-order chi connectivity index (χ0) is 20.3. The molecule has 7 nitrogen and oxygen atoms in total. The van der Waals surface area contributed by atoms with E-state index in [-0.39, 0.29) is 17.0 Å². The summed E-state index contributed by atoms with van der Waals surface area (Å²) < 4.78 is 16.0. The quantitative estimate of drug-likeness (QED) is 0.742. The van der Waals surface area contributed by atoms with Gasteiger partial charge >= 0.3 is 5.97 Å². The summed E-state index contributed by atoms with van der Waals surface area (Å²) in [6, 6.07) is 8.96. The van der Waals surface area contributed by atoms with Crippen molar-refractivity contribution in [1.82, 2.24) is 4.98 Å². The zero-order valence-corrected chi connectivity index (χ0v) is 16.2. The number of methoxy groups -OCH3 is 1. The van der Waals surface area contributed by atoms with Crippen molar-refractivity contribution in [3.05, 3.63) is 69.0 Å². The number of pyridine rings is 1. The standard InChI is InChI=1S/C21H24N2O5/c1-4-6-13-11-15-17(20(24)23-13)16(18(19(22)28-15)21(25)26-3)12-7-9-14(10-8-12)27-5-2/h7-11,16H,4-6,22H2,1-3H3,(H,23,24). The molecule has 148 valence electrons. The van der Waals surface area contributed by atoms with E-state index in [1.807, 2.05) is 13.8 Å². The summed E-state index contributed by atoms with van der Waals surface area (Å²) in [5.74, 6) is -0.352. The van der Waals surface area contributed by atoms with Crippen LogP contribution in [0.4, 0.5) is 0 Å². The Bertz CT molecular complexity index is 960. The van der Waals surface area contributed by atoms with Crippen LogP contribution in [-0.2, 0) is 16.0 Å². The van der Waals surface area contributed by atoms with Gasteiger partial charge in [0.15, 0.2) is 0 Å². The molecule has 1 unspecified atom stereocenters. The molecule has 0 fully saturated rings. The molecule has 1 aromatic heterocycles. The third-order valence-corrected chi connectivity index (χ3v) is 4.60. The Labute approximate surface area is 163 Å². The number of esters is 1. The number of aromatic nitrogens is 1. The van der Waals surface area contributed by atoms with Crippen LogP contribution in [0, 0.1) is 0 Å². The van der Waals surface area contributed by atoms with Gasteiger partial charge in [0.1, 0.15) is 17.1 Å². The number of ether oxygens (including phenoxy) is 3. The van der Waals surface area contributed by atoms with Crippen LogP contribution in [0.3, 0.4) is 0 Å². The lowest BCUT2D eigenvalue weighted by Gasteiger charge is -2.28. The Morgan fingerprint density at radius 3 is 2.57 bits per heavy atom. The summed E-state index contributed by atoms with van der Waals surface area (Å²) in [5, 5.41) is 0. The Hall–Kier alpha value is -3.22. The largest absolute Gasteiger partial charge is 0.494 e. The first-order valence-corrected chi connectivity index (χ1v) is 9.24. The lowest BCUT2D eigenvalue weighted by atomic mass is 9.83. The minimum Gasteiger partial charge on any atom is -0.494 e. The molecule has 0 saturated carbocycles. The van der Waals surface area contributed by atoms with Gasteiger partial charge in [0.05, 0.1) is 25.2 Å². The third kappa shape index (κ3) is 3.60. The highest BCUT2D eigenvalue weighted by Crippen LogP contribution is 2.41. The monoisotopic (exact) mass is 384 g/mol. The number of fused-ring (bicyclic) bond motifs is 1. The number of aryl methyl sites for hydroxylation is 1. The van der Waals surface area contributed by atoms with E-state index in [4.69, 9.17) is 19.9 Å². The molecule has 0 aliphatic carbocycles. The van der Waals surface area contributed by atoms with Crippen LogP contribution in [0.2, 0.25) is 0 Å². The van der Waals surface area contributed by atoms with Crippen LogP contribution in [0.15, 0.2) is 46.6 Å². The van der Waals surface area contributed by atoms with Gasteiger partial charge in [0, 0.05) is 11.8 Å². The molecular weight excluding hydrogens is 360 g/mol. The Balaban J connectivity index is 2.18. The third-order valence-electron chi connectivity index (χ3n) is 4.60. The lowest BCUT2D eigenvalue weighted by Crippen LogP contribution is -2.32. The van der Waals surface area contributed by atoms with Crippen LogP contribution >= 0.6 is 0 Å². The molecular formula is C21H24N2O5. The van der Waals surface area contributed by atoms with E-state index in [2.05, 4.69) is 4.98 Å². The van der Waals surface area contributed by atoms with E-state index in [1.54, 1.807) is 30.3 Å². The van der Waals surface area contributed by atoms with Crippen LogP contribution in [0.25, 0.3) is 0 Å². The smallest absolute Gasteiger partial charge is 0.340 e. The average Bonchev–Trinajstić information content (AvgIpc) is 2.67. The molecule has 0 amide bonds. The first kappa shape index (κ1) is 19.5. The van der Waals surface area contributed by atoms with Crippen molar-refractivity contribution in [2.75, 3.05) is 13.7 Å². The minimum absolute atomic E-state index is 0.0636. The number of aromatic amines is 1. The number of carbonyl (C=O) groups is 1. The van der Waals surface area contributed by atoms with Crippen molar-refractivity contribution in [2.45, 2.75) is 32.6 Å². The number of hydrogen-bond acceptors (Lipinski definition) is 6. The summed E-state index contributed by atoms with van der Waals surface area (Å²) in [6.07, 6.45) is 1.57. The van der Waals surface area contributed by atoms with E-state index < -0.39 is 11.9 Å². The number of H-pyrrole nitrogens is 1. The molecule has 0 spiro atoms. The van der Waals surface area contributed by atoms with Gasteiger partial charge in [0.2, 0.25) is 5.88 Å². The second-order valence-electron chi connectivity index (χ2n) is 6.46. The van der Waals surface area contributed by atoms with Crippen molar-refractivity contribution < 1.29 is 19.0 Å². The Kier molecular flexibility index (Phi) is 5.73. The molecule has 0 radical (unpaired) electrons. The maximum atomic E-state index is 12.9. The molecule has 3 N–H and O–H groups in total. The van der Waals surface area contributed by atoms with E-state index in [9.17, 15) is 9.59 Å². The van der Waals surface area contributed by atoms with Crippen LogP contribution in [0.5, 0.6) is 11.5 Å². The van der Waals surface area contributed by atoms with Gasteiger partial charge in [-0.2, -0.15) is 0 Å². The van der Waals surface area contributed by atoms with Crippen molar-refractivity contribution >= 4 is 5.97 Å². The average molecular weight is 384 g/mol. The van der Waals surface area contributed by atoms with Gasteiger partial charge in [-0.15, -0.1) is 0 Å². The van der Waals surface area contributed by atoms with Gasteiger partial charge < -0.3 is 24.9 Å². The summed E-state index contributed by atoms with van der Waals surface area (Å²) >= 11 is 0. The molecule has 1 atom stereocenters. The topological polar surface area (TPSA) is 104 Å². The van der Waals surface area contributed by atoms with Crippen LogP contribution < -0.4 is 20.8 Å². The number of hydrogen-bond donors (Lipinski definition) is 2. The number of benzene rings is 1. The molecule has 1 aliphatic heterocycles. The zero-order valence-electron chi connectivity index (χ0n) is 16.2. The molecule has 1 aromatic carbocycles. The molecule has 28 heavy (non-hydrogen) atoms. The van der Waals surface area contributed by atoms with Crippen molar-refractivity contribution in [3.63, 3.8) is 0 Å². The van der Waals surface area contributed by atoms with Crippen molar-refractivity contribution in [3.8, 4) is 11.5 Å². The van der Waals surface area contributed by atoms with Gasteiger partial charge in [-0.05, 0) is 31.0 Å². The summed E-state index contributed by atoms with van der Waals surface area (Å²) in [4.78, 5) is 28.2. The van der Waals surface area contributed by atoms with E-state index >= 15 is 0 Å². The summed E-state index contributed by atoms with van der Waals surface area (Å²) in [5.41, 5.74) is 7.66.